The SMILES string of the molecule is C=C/C(=C\N(C)C)c1cccc(-c2ncc(C(/C=N\C)=C/C(=C)C)c(NCC3CN(C)CCO3)n2)c1. The van der Waals surface area contributed by atoms with Crippen LogP contribution >= 0.6 is 0 Å². The van der Waals surface area contributed by atoms with Crippen LogP contribution in [0.4, 0.5) is 5.82 Å². The van der Waals surface area contributed by atoms with Crippen LogP contribution in [-0.2, 0) is 4.74 Å². The van der Waals surface area contributed by atoms with Gasteiger partial charge in [0, 0.05) is 76.1 Å². The maximum absolute atomic E-state index is 5.96. The highest BCUT2D eigenvalue weighted by atomic mass is 16.5. The standard InChI is InChI=1S/C29H38N6O/c1-8-22(19-34(5)6)23-10-9-11-24(15-23)28-32-18-27(25(16-30-4)14-21(2)3)29(33-28)31-17-26-20-35(7)12-13-36-26/h8-11,14-16,18-19,26H,1-2,12-13,17,20H2,3-7H3,(H,31,32,33)/b22-19+,25-14+,30-16-. The molecule has 190 valence electrons. The molecule has 0 saturated carbocycles. The van der Waals surface area contributed by atoms with Gasteiger partial charge < -0.3 is 19.9 Å². The van der Waals surface area contributed by atoms with Crippen LogP contribution in [0.25, 0.3) is 22.5 Å². The topological polar surface area (TPSA) is 65.9 Å². The third kappa shape index (κ3) is 7.47. The summed E-state index contributed by atoms with van der Waals surface area (Å²) >= 11 is 0. The molecule has 3 rings (SSSR count). The molecule has 7 heteroatoms. The second kappa shape index (κ2) is 13.0. The zero-order valence-corrected chi connectivity index (χ0v) is 22.2. The van der Waals surface area contributed by atoms with E-state index in [1.807, 2.05) is 68.8 Å². The molecule has 1 aromatic carbocycles. The van der Waals surface area contributed by atoms with E-state index < -0.39 is 0 Å². The van der Waals surface area contributed by atoms with Crippen molar-refractivity contribution in [2.75, 3.05) is 59.7 Å². The van der Waals surface area contributed by atoms with Gasteiger partial charge in [-0.25, -0.2) is 9.97 Å². The third-order valence-electron chi connectivity index (χ3n) is 5.68. The van der Waals surface area contributed by atoms with E-state index in [9.17, 15) is 0 Å². The van der Waals surface area contributed by atoms with Gasteiger partial charge in [-0.3, -0.25) is 4.99 Å². The van der Waals surface area contributed by atoms with E-state index in [1.165, 1.54) is 0 Å². The van der Waals surface area contributed by atoms with Crippen LogP contribution in [0, 0.1) is 0 Å². The van der Waals surface area contributed by atoms with Crippen molar-refractivity contribution in [3.63, 3.8) is 0 Å². The number of ether oxygens (including phenoxy) is 1. The Balaban J connectivity index is 2.02. The molecule has 1 aliphatic heterocycles. The van der Waals surface area contributed by atoms with Crippen LogP contribution in [0.2, 0.25) is 0 Å². The fraction of sp³-hybridized carbons (Fsp3) is 0.345. The monoisotopic (exact) mass is 486 g/mol. The normalized spacial score (nSPS) is 17.3. The second-order valence-corrected chi connectivity index (χ2v) is 9.26. The van der Waals surface area contributed by atoms with E-state index >= 15 is 0 Å². The summed E-state index contributed by atoms with van der Waals surface area (Å²) in [6.07, 6.45) is 9.64. The average molecular weight is 487 g/mol. The van der Waals surface area contributed by atoms with Gasteiger partial charge in [0.15, 0.2) is 5.82 Å². The number of allylic oxidation sites excluding steroid dienone is 5. The maximum atomic E-state index is 5.96. The van der Waals surface area contributed by atoms with Gasteiger partial charge in [-0.15, -0.1) is 0 Å². The smallest absolute Gasteiger partial charge is 0.161 e. The molecule has 1 aliphatic rings. The van der Waals surface area contributed by atoms with E-state index in [0.29, 0.717) is 12.4 Å². The minimum absolute atomic E-state index is 0.0816. The molecule has 1 saturated heterocycles. The van der Waals surface area contributed by atoms with Crippen molar-refractivity contribution >= 4 is 23.2 Å². The van der Waals surface area contributed by atoms with Crippen LogP contribution in [0.15, 0.2) is 72.5 Å². The predicted molar refractivity (Wildman–Crippen MR) is 152 cm³/mol. The quantitative estimate of drug-likeness (QED) is 0.390. The molecule has 0 spiro atoms. The van der Waals surface area contributed by atoms with Crippen LogP contribution in [0.5, 0.6) is 0 Å². The molecular formula is C29H38N6O. The van der Waals surface area contributed by atoms with Crippen LogP contribution < -0.4 is 5.32 Å². The molecule has 2 heterocycles. The minimum Gasteiger partial charge on any atom is -0.383 e. The van der Waals surface area contributed by atoms with E-state index in [0.717, 1.165) is 58.9 Å². The number of hydrogen-bond acceptors (Lipinski definition) is 7. The zero-order chi connectivity index (χ0) is 26.1. The van der Waals surface area contributed by atoms with Gasteiger partial charge in [-0.1, -0.05) is 49.1 Å². The number of aliphatic imine (C=N–C) groups is 1. The van der Waals surface area contributed by atoms with Crippen LogP contribution in [0.3, 0.4) is 0 Å². The lowest BCUT2D eigenvalue weighted by Gasteiger charge is -2.30. The molecule has 1 N–H and O–H groups in total. The summed E-state index contributed by atoms with van der Waals surface area (Å²) in [4.78, 5) is 18.2. The molecule has 0 aliphatic carbocycles. The Morgan fingerprint density at radius 1 is 1.33 bits per heavy atom. The predicted octanol–water partition coefficient (Wildman–Crippen LogP) is 4.63. The Hall–Kier alpha value is -3.55. The number of hydrogen-bond donors (Lipinski definition) is 1. The Morgan fingerprint density at radius 3 is 2.81 bits per heavy atom. The van der Waals surface area contributed by atoms with Crippen molar-refractivity contribution in [2.24, 2.45) is 4.99 Å². The molecule has 1 unspecified atom stereocenters. The second-order valence-electron chi connectivity index (χ2n) is 9.26. The number of likely N-dealkylation sites (N-methyl/N-ethyl adjacent to an activating group) is 1. The molecule has 1 fully saturated rings. The Kier molecular flexibility index (Phi) is 9.73. The minimum atomic E-state index is 0.0816. The lowest BCUT2D eigenvalue weighted by atomic mass is 10.0. The van der Waals surface area contributed by atoms with Crippen molar-refractivity contribution in [2.45, 2.75) is 13.0 Å². The number of morpholine rings is 1. The van der Waals surface area contributed by atoms with Crippen molar-refractivity contribution in [3.05, 3.63) is 78.7 Å². The van der Waals surface area contributed by atoms with Gasteiger partial charge >= 0.3 is 0 Å². The third-order valence-corrected chi connectivity index (χ3v) is 5.68. The van der Waals surface area contributed by atoms with Gasteiger partial charge in [0.25, 0.3) is 0 Å². The van der Waals surface area contributed by atoms with Gasteiger partial charge in [0.05, 0.1) is 12.7 Å². The van der Waals surface area contributed by atoms with E-state index in [-0.39, 0.29) is 6.10 Å². The summed E-state index contributed by atoms with van der Waals surface area (Å²) in [5.74, 6) is 1.38. The van der Waals surface area contributed by atoms with Gasteiger partial charge in [0.1, 0.15) is 5.82 Å². The summed E-state index contributed by atoms with van der Waals surface area (Å²) in [5, 5.41) is 3.53. The molecular weight excluding hydrogens is 448 g/mol. The first-order valence-electron chi connectivity index (χ1n) is 12.1. The lowest BCUT2D eigenvalue weighted by molar-refractivity contribution is -0.0117. The highest BCUT2D eigenvalue weighted by molar-refractivity contribution is 6.12. The van der Waals surface area contributed by atoms with E-state index in [4.69, 9.17) is 14.7 Å². The van der Waals surface area contributed by atoms with Crippen LogP contribution in [-0.4, -0.2) is 86.5 Å². The van der Waals surface area contributed by atoms with Crippen molar-refractivity contribution in [3.8, 4) is 11.4 Å². The van der Waals surface area contributed by atoms with E-state index in [1.54, 1.807) is 7.05 Å². The summed E-state index contributed by atoms with van der Waals surface area (Å²) in [7, 11) is 7.86. The molecule has 2 aromatic rings. The summed E-state index contributed by atoms with van der Waals surface area (Å²) < 4.78 is 5.96. The molecule has 0 amide bonds. The summed E-state index contributed by atoms with van der Waals surface area (Å²) in [6.45, 7) is 13.2. The average Bonchev–Trinajstić information content (AvgIpc) is 2.85. The van der Waals surface area contributed by atoms with Gasteiger partial charge in [-0.2, -0.15) is 0 Å². The number of benzene rings is 1. The van der Waals surface area contributed by atoms with Crippen molar-refractivity contribution in [1.82, 2.24) is 19.8 Å². The number of nitrogens with zero attached hydrogens (tertiary/aromatic N) is 5. The Bertz CT molecular complexity index is 1160. The van der Waals surface area contributed by atoms with Gasteiger partial charge in [-0.05, 0) is 31.2 Å². The van der Waals surface area contributed by atoms with Crippen molar-refractivity contribution in [1.29, 1.82) is 0 Å². The van der Waals surface area contributed by atoms with Crippen molar-refractivity contribution < 1.29 is 4.74 Å². The molecule has 0 bridgehead atoms. The van der Waals surface area contributed by atoms with Crippen LogP contribution in [0.1, 0.15) is 18.1 Å². The van der Waals surface area contributed by atoms with E-state index in [2.05, 4.69) is 47.5 Å². The first kappa shape index (κ1) is 27.0. The molecule has 7 nitrogen and oxygen atoms in total. The fourth-order valence-corrected chi connectivity index (χ4v) is 4.02. The first-order valence-corrected chi connectivity index (χ1v) is 12.1. The fourth-order valence-electron chi connectivity index (χ4n) is 4.02. The maximum Gasteiger partial charge on any atom is 0.161 e. The first-order chi connectivity index (χ1) is 17.3. The largest absolute Gasteiger partial charge is 0.383 e. The molecule has 1 atom stereocenters. The van der Waals surface area contributed by atoms with Gasteiger partial charge in [0.2, 0.25) is 0 Å². The summed E-state index contributed by atoms with van der Waals surface area (Å²) in [6, 6.07) is 8.20. The number of nitrogens with one attached hydrogen (secondary N) is 1. The number of aromatic nitrogens is 2. The Labute approximate surface area is 215 Å². The highest BCUT2D eigenvalue weighted by Crippen LogP contribution is 2.27. The molecule has 1 aromatic heterocycles. The number of rotatable bonds is 10. The molecule has 36 heavy (non-hydrogen) atoms. The highest BCUT2D eigenvalue weighted by Gasteiger charge is 2.19. The number of anilines is 1. The molecule has 0 radical (unpaired) electrons. The zero-order valence-electron chi connectivity index (χ0n) is 22.2. The lowest BCUT2D eigenvalue weighted by Crippen LogP contribution is -2.43. The summed E-state index contributed by atoms with van der Waals surface area (Å²) in [5.41, 5.74) is 5.70. The Morgan fingerprint density at radius 2 is 2.14 bits per heavy atom.